The van der Waals surface area contributed by atoms with Gasteiger partial charge < -0.3 is 5.32 Å². The highest BCUT2D eigenvalue weighted by Crippen LogP contribution is 2.15. The minimum Gasteiger partial charge on any atom is -0.384 e. The number of aryl methyl sites for hydroxylation is 2. The normalized spacial score (nSPS) is 9.93. The first-order valence-electron chi connectivity index (χ1n) is 4.90. The third-order valence-corrected chi connectivity index (χ3v) is 2.19. The monoisotopic (exact) mass is 191 g/mol. The van der Waals surface area contributed by atoms with E-state index in [0.717, 1.165) is 12.2 Å². The molecule has 0 bridgehead atoms. The van der Waals surface area contributed by atoms with Crippen molar-refractivity contribution in [3.8, 4) is 0 Å². The van der Waals surface area contributed by atoms with Gasteiger partial charge in [0.2, 0.25) is 0 Å². The van der Waals surface area contributed by atoms with Crippen molar-refractivity contribution in [2.75, 3.05) is 11.9 Å². The van der Waals surface area contributed by atoms with Crippen LogP contribution < -0.4 is 5.32 Å². The van der Waals surface area contributed by atoms with Crippen molar-refractivity contribution in [2.45, 2.75) is 27.2 Å². The largest absolute Gasteiger partial charge is 0.384 e. The number of hydrogen-bond donors (Lipinski definition) is 1. The van der Waals surface area contributed by atoms with Crippen molar-refractivity contribution in [1.29, 1.82) is 0 Å². The second kappa shape index (κ2) is 4.80. The third-order valence-electron chi connectivity index (χ3n) is 2.19. The van der Waals surface area contributed by atoms with Gasteiger partial charge >= 0.3 is 0 Å². The lowest BCUT2D eigenvalue weighted by Gasteiger charge is -2.09. The molecule has 0 atom stereocenters. The molecule has 0 saturated heterocycles. The number of anilines is 1. The molecule has 0 saturated carbocycles. The maximum Gasteiger partial charge on any atom is 0.131 e. The molecule has 0 amide bonds. The van der Waals surface area contributed by atoms with Crippen LogP contribution in [0.4, 0.5) is 5.69 Å². The zero-order valence-corrected chi connectivity index (χ0v) is 9.05. The first kappa shape index (κ1) is 10.8. The van der Waals surface area contributed by atoms with Gasteiger partial charge in [-0.25, -0.2) is 0 Å². The second-order valence-corrected chi connectivity index (χ2v) is 3.70. The molecule has 14 heavy (non-hydrogen) atoms. The highest BCUT2D eigenvalue weighted by atomic mass is 16.1. The number of ketones is 1. The summed E-state index contributed by atoms with van der Waals surface area (Å²) in [5, 5.41) is 3.26. The first-order valence-corrected chi connectivity index (χ1v) is 4.90. The van der Waals surface area contributed by atoms with Gasteiger partial charge in [0.1, 0.15) is 5.78 Å². The molecule has 0 aliphatic heterocycles. The third kappa shape index (κ3) is 3.21. The van der Waals surface area contributed by atoms with Crippen LogP contribution in [0, 0.1) is 13.8 Å². The smallest absolute Gasteiger partial charge is 0.131 e. The van der Waals surface area contributed by atoms with Crippen molar-refractivity contribution in [1.82, 2.24) is 0 Å². The fourth-order valence-corrected chi connectivity index (χ4v) is 1.30. The molecule has 1 rings (SSSR count). The van der Waals surface area contributed by atoms with E-state index in [4.69, 9.17) is 0 Å². The Bertz CT molecular complexity index is 331. The number of nitrogens with one attached hydrogen (secondary N) is 1. The van der Waals surface area contributed by atoms with Gasteiger partial charge in [-0.15, -0.1) is 0 Å². The zero-order valence-electron chi connectivity index (χ0n) is 9.05. The van der Waals surface area contributed by atoms with Gasteiger partial charge in [-0.3, -0.25) is 4.79 Å². The molecular weight excluding hydrogens is 174 g/mol. The highest BCUT2D eigenvalue weighted by Gasteiger charge is 1.98. The summed E-state index contributed by atoms with van der Waals surface area (Å²) in [5.74, 6) is 0.225. The Labute approximate surface area is 85.3 Å². The van der Waals surface area contributed by atoms with Crippen LogP contribution in [-0.2, 0) is 4.79 Å². The topological polar surface area (TPSA) is 29.1 Å². The molecule has 1 aromatic rings. The molecule has 0 radical (unpaired) electrons. The van der Waals surface area contributed by atoms with E-state index in [0.29, 0.717) is 6.42 Å². The van der Waals surface area contributed by atoms with Crippen LogP contribution in [0.2, 0.25) is 0 Å². The quantitative estimate of drug-likeness (QED) is 0.792. The number of benzene rings is 1. The fraction of sp³-hybridized carbons (Fsp3) is 0.417. The number of Topliss-reactive ketones (excluding diaryl/α,β-unsaturated/α-hetero) is 1. The minimum absolute atomic E-state index is 0.225. The predicted molar refractivity (Wildman–Crippen MR) is 59.7 cm³/mol. The Morgan fingerprint density at radius 1 is 1.36 bits per heavy atom. The summed E-state index contributed by atoms with van der Waals surface area (Å²) in [6, 6.07) is 6.28. The molecule has 0 aromatic heterocycles. The van der Waals surface area contributed by atoms with Crippen LogP contribution in [0.3, 0.4) is 0 Å². The summed E-state index contributed by atoms with van der Waals surface area (Å²) >= 11 is 0. The van der Waals surface area contributed by atoms with E-state index >= 15 is 0 Å². The standard InChI is InChI=1S/C12H17NO/c1-9-4-5-10(2)12(8-9)13-7-6-11(3)14/h4-5,8,13H,6-7H2,1-3H3. The average molecular weight is 191 g/mol. The van der Waals surface area contributed by atoms with Gasteiger partial charge in [0.05, 0.1) is 0 Å². The molecular formula is C12H17NO. The summed E-state index contributed by atoms with van der Waals surface area (Å²) in [4.78, 5) is 10.7. The summed E-state index contributed by atoms with van der Waals surface area (Å²) in [6.07, 6.45) is 0.591. The molecule has 76 valence electrons. The van der Waals surface area contributed by atoms with E-state index in [-0.39, 0.29) is 5.78 Å². The maximum atomic E-state index is 10.7. The molecule has 0 aliphatic rings. The second-order valence-electron chi connectivity index (χ2n) is 3.70. The lowest BCUT2D eigenvalue weighted by atomic mass is 10.1. The van der Waals surface area contributed by atoms with Crippen LogP contribution in [0.5, 0.6) is 0 Å². The summed E-state index contributed by atoms with van der Waals surface area (Å²) in [5.41, 5.74) is 3.59. The first-order chi connectivity index (χ1) is 6.59. The van der Waals surface area contributed by atoms with E-state index in [2.05, 4.69) is 37.4 Å². The molecule has 2 heteroatoms. The predicted octanol–water partition coefficient (Wildman–Crippen LogP) is 2.69. The average Bonchev–Trinajstić information content (AvgIpc) is 2.10. The van der Waals surface area contributed by atoms with Gasteiger partial charge in [-0.2, -0.15) is 0 Å². The summed E-state index contributed by atoms with van der Waals surface area (Å²) < 4.78 is 0. The Hall–Kier alpha value is -1.31. The van der Waals surface area contributed by atoms with Gasteiger partial charge in [0, 0.05) is 18.7 Å². The van der Waals surface area contributed by atoms with E-state index < -0.39 is 0 Å². The Kier molecular flexibility index (Phi) is 3.69. The molecule has 0 fully saturated rings. The highest BCUT2D eigenvalue weighted by molar-refractivity contribution is 5.76. The van der Waals surface area contributed by atoms with Crippen LogP contribution in [0.25, 0.3) is 0 Å². The van der Waals surface area contributed by atoms with Crippen LogP contribution in [0.1, 0.15) is 24.5 Å². The minimum atomic E-state index is 0.225. The van der Waals surface area contributed by atoms with Gasteiger partial charge in [-0.1, -0.05) is 12.1 Å². The molecule has 0 unspecified atom stereocenters. The molecule has 2 nitrogen and oxygen atoms in total. The van der Waals surface area contributed by atoms with Gasteiger partial charge in [-0.05, 0) is 38.0 Å². The number of carbonyl (C=O) groups excluding carboxylic acids is 1. The molecule has 0 aliphatic carbocycles. The van der Waals surface area contributed by atoms with E-state index in [1.165, 1.54) is 11.1 Å². The molecule has 0 heterocycles. The molecule has 0 spiro atoms. The molecule has 1 N–H and O–H groups in total. The van der Waals surface area contributed by atoms with Gasteiger partial charge in [0.25, 0.3) is 0 Å². The SMILES string of the molecule is CC(=O)CCNc1cc(C)ccc1C. The fourth-order valence-electron chi connectivity index (χ4n) is 1.30. The van der Waals surface area contributed by atoms with Gasteiger partial charge in [0.15, 0.2) is 0 Å². The summed E-state index contributed by atoms with van der Waals surface area (Å²) in [7, 11) is 0. The van der Waals surface area contributed by atoms with Crippen LogP contribution in [-0.4, -0.2) is 12.3 Å². The van der Waals surface area contributed by atoms with Crippen molar-refractivity contribution < 1.29 is 4.79 Å². The maximum absolute atomic E-state index is 10.7. The van der Waals surface area contributed by atoms with Crippen molar-refractivity contribution in [3.63, 3.8) is 0 Å². The van der Waals surface area contributed by atoms with Crippen LogP contribution >= 0.6 is 0 Å². The van der Waals surface area contributed by atoms with Crippen LogP contribution in [0.15, 0.2) is 18.2 Å². The van der Waals surface area contributed by atoms with E-state index in [1.807, 2.05) is 0 Å². The zero-order chi connectivity index (χ0) is 10.6. The van der Waals surface area contributed by atoms with E-state index in [9.17, 15) is 4.79 Å². The van der Waals surface area contributed by atoms with Crippen molar-refractivity contribution in [2.24, 2.45) is 0 Å². The summed E-state index contributed by atoms with van der Waals surface area (Å²) in [6.45, 7) is 6.47. The lowest BCUT2D eigenvalue weighted by Crippen LogP contribution is -2.06. The lowest BCUT2D eigenvalue weighted by molar-refractivity contribution is -0.116. The van der Waals surface area contributed by atoms with E-state index in [1.54, 1.807) is 6.92 Å². The number of carbonyl (C=O) groups is 1. The van der Waals surface area contributed by atoms with Crippen molar-refractivity contribution in [3.05, 3.63) is 29.3 Å². The number of hydrogen-bond acceptors (Lipinski definition) is 2. The number of rotatable bonds is 4. The Morgan fingerprint density at radius 3 is 2.71 bits per heavy atom. The Morgan fingerprint density at radius 2 is 2.07 bits per heavy atom. The molecule has 1 aromatic carbocycles. The van der Waals surface area contributed by atoms with Crippen molar-refractivity contribution >= 4 is 11.5 Å². The Balaban J connectivity index is 2.57.